The number of rotatable bonds is 3. The Labute approximate surface area is 106 Å². The van der Waals surface area contributed by atoms with Gasteiger partial charge in [-0.2, -0.15) is 0 Å². The minimum absolute atomic E-state index is 0.0824. The van der Waals surface area contributed by atoms with Gasteiger partial charge in [0.1, 0.15) is 0 Å². The van der Waals surface area contributed by atoms with Crippen LogP contribution in [0.5, 0.6) is 0 Å². The normalized spacial score (nSPS) is 19.7. The average Bonchev–Trinajstić information content (AvgIpc) is 2.46. The number of carbonyl (C=O) groups is 1. The van der Waals surface area contributed by atoms with Crippen molar-refractivity contribution in [2.75, 3.05) is 25.1 Å². The molecule has 0 aromatic heterocycles. The lowest BCUT2D eigenvalue weighted by atomic mass is 10.1. The number of methoxy groups -OCH3 is 1. The fourth-order valence-electron chi connectivity index (χ4n) is 2.21. The summed E-state index contributed by atoms with van der Waals surface area (Å²) in [6.07, 6.45) is 2.13. The van der Waals surface area contributed by atoms with Crippen LogP contribution in [0, 0.1) is 0 Å². The zero-order chi connectivity index (χ0) is 13.0. The smallest absolute Gasteiger partial charge is 0.337 e. The van der Waals surface area contributed by atoms with E-state index in [0.29, 0.717) is 5.56 Å². The van der Waals surface area contributed by atoms with E-state index in [9.17, 15) is 4.79 Å². The van der Waals surface area contributed by atoms with Crippen LogP contribution >= 0.6 is 0 Å². The maximum absolute atomic E-state index is 11.3. The van der Waals surface area contributed by atoms with Crippen molar-refractivity contribution < 1.29 is 14.4 Å². The SMILES string of the molecule is COC(=O)c1ccc(N2CCCC(ON)C2)cc1. The number of ether oxygens (including phenoxy) is 1. The Balaban J connectivity index is 2.07. The van der Waals surface area contributed by atoms with E-state index in [1.807, 2.05) is 12.1 Å². The maximum atomic E-state index is 11.3. The molecule has 5 nitrogen and oxygen atoms in total. The van der Waals surface area contributed by atoms with Crippen LogP contribution in [-0.4, -0.2) is 32.3 Å². The zero-order valence-corrected chi connectivity index (χ0v) is 10.5. The van der Waals surface area contributed by atoms with Crippen LogP contribution in [0.3, 0.4) is 0 Å². The molecule has 0 amide bonds. The Bertz CT molecular complexity index is 405. The Hall–Kier alpha value is -1.59. The number of benzene rings is 1. The molecule has 18 heavy (non-hydrogen) atoms. The molecule has 1 heterocycles. The van der Waals surface area contributed by atoms with Crippen molar-refractivity contribution in [2.24, 2.45) is 5.90 Å². The Morgan fingerprint density at radius 1 is 1.39 bits per heavy atom. The highest BCUT2D eigenvalue weighted by molar-refractivity contribution is 5.89. The van der Waals surface area contributed by atoms with E-state index in [-0.39, 0.29) is 12.1 Å². The molecule has 1 fully saturated rings. The van der Waals surface area contributed by atoms with Gasteiger partial charge in [-0.3, -0.25) is 4.84 Å². The Morgan fingerprint density at radius 3 is 2.72 bits per heavy atom. The molecule has 98 valence electrons. The number of esters is 1. The van der Waals surface area contributed by atoms with Crippen LogP contribution in [0.2, 0.25) is 0 Å². The van der Waals surface area contributed by atoms with Crippen LogP contribution in [0.4, 0.5) is 5.69 Å². The lowest BCUT2D eigenvalue weighted by molar-refractivity contribution is 0.0434. The number of piperidine rings is 1. The molecule has 1 aromatic rings. The lowest BCUT2D eigenvalue weighted by Crippen LogP contribution is -2.40. The summed E-state index contributed by atoms with van der Waals surface area (Å²) in [5.74, 6) is 4.92. The number of nitrogens with zero attached hydrogens (tertiary/aromatic N) is 1. The second kappa shape index (κ2) is 5.84. The van der Waals surface area contributed by atoms with E-state index in [2.05, 4.69) is 9.64 Å². The first-order valence-electron chi connectivity index (χ1n) is 6.03. The van der Waals surface area contributed by atoms with Crippen molar-refractivity contribution in [3.05, 3.63) is 29.8 Å². The van der Waals surface area contributed by atoms with Crippen LogP contribution in [0.15, 0.2) is 24.3 Å². The lowest BCUT2D eigenvalue weighted by Gasteiger charge is -2.33. The molecule has 1 unspecified atom stereocenters. The summed E-state index contributed by atoms with van der Waals surface area (Å²) in [5.41, 5.74) is 1.63. The molecule has 0 radical (unpaired) electrons. The van der Waals surface area contributed by atoms with Gasteiger partial charge in [-0.1, -0.05) is 0 Å². The van der Waals surface area contributed by atoms with Gasteiger partial charge in [-0.15, -0.1) is 0 Å². The van der Waals surface area contributed by atoms with Gasteiger partial charge in [0.15, 0.2) is 0 Å². The predicted octanol–water partition coefficient (Wildman–Crippen LogP) is 1.33. The van der Waals surface area contributed by atoms with Gasteiger partial charge in [-0.25, -0.2) is 10.7 Å². The summed E-state index contributed by atoms with van der Waals surface area (Å²) in [6, 6.07) is 7.39. The molecular formula is C13H18N2O3. The second-order valence-electron chi connectivity index (χ2n) is 4.38. The van der Waals surface area contributed by atoms with Gasteiger partial charge in [-0.05, 0) is 37.1 Å². The highest BCUT2D eigenvalue weighted by Crippen LogP contribution is 2.21. The molecule has 0 spiro atoms. The van der Waals surface area contributed by atoms with Crippen molar-refractivity contribution in [2.45, 2.75) is 18.9 Å². The molecular weight excluding hydrogens is 232 g/mol. The first-order chi connectivity index (χ1) is 8.74. The molecule has 2 rings (SSSR count). The van der Waals surface area contributed by atoms with E-state index < -0.39 is 0 Å². The molecule has 1 aliphatic heterocycles. The van der Waals surface area contributed by atoms with E-state index >= 15 is 0 Å². The van der Waals surface area contributed by atoms with Crippen molar-refractivity contribution in [3.63, 3.8) is 0 Å². The fourth-order valence-corrected chi connectivity index (χ4v) is 2.21. The van der Waals surface area contributed by atoms with E-state index in [1.54, 1.807) is 12.1 Å². The van der Waals surface area contributed by atoms with Gasteiger partial charge in [0.2, 0.25) is 0 Å². The topological polar surface area (TPSA) is 64.8 Å². The molecule has 1 saturated heterocycles. The first-order valence-corrected chi connectivity index (χ1v) is 6.03. The molecule has 1 atom stereocenters. The minimum Gasteiger partial charge on any atom is -0.465 e. The highest BCUT2D eigenvalue weighted by Gasteiger charge is 2.20. The van der Waals surface area contributed by atoms with E-state index in [0.717, 1.165) is 31.6 Å². The summed E-state index contributed by atoms with van der Waals surface area (Å²) in [5, 5.41) is 0. The van der Waals surface area contributed by atoms with Gasteiger partial charge >= 0.3 is 5.97 Å². The van der Waals surface area contributed by atoms with Crippen LogP contribution in [0.1, 0.15) is 23.2 Å². The third-order valence-corrected chi connectivity index (χ3v) is 3.22. The summed E-state index contributed by atoms with van der Waals surface area (Å²) in [4.78, 5) is 18.4. The molecule has 0 saturated carbocycles. The number of hydrogen-bond donors (Lipinski definition) is 1. The fraction of sp³-hybridized carbons (Fsp3) is 0.462. The van der Waals surface area contributed by atoms with Gasteiger partial charge in [0, 0.05) is 18.8 Å². The van der Waals surface area contributed by atoms with Crippen LogP contribution in [0.25, 0.3) is 0 Å². The van der Waals surface area contributed by atoms with Crippen LogP contribution < -0.4 is 10.8 Å². The quantitative estimate of drug-likeness (QED) is 0.647. The van der Waals surface area contributed by atoms with Crippen molar-refractivity contribution in [3.8, 4) is 0 Å². The monoisotopic (exact) mass is 250 g/mol. The predicted molar refractivity (Wildman–Crippen MR) is 68.3 cm³/mol. The molecule has 0 aliphatic carbocycles. The molecule has 1 aliphatic rings. The van der Waals surface area contributed by atoms with E-state index in [4.69, 9.17) is 10.7 Å². The first kappa shape index (κ1) is 12.9. The summed E-state index contributed by atoms with van der Waals surface area (Å²) >= 11 is 0. The van der Waals surface area contributed by atoms with Crippen molar-refractivity contribution in [1.82, 2.24) is 0 Å². The standard InChI is InChI=1S/C13H18N2O3/c1-17-13(16)10-4-6-11(7-5-10)15-8-2-3-12(9-15)18-14/h4-7,12H,2-3,8-9,14H2,1H3. The molecule has 5 heteroatoms. The van der Waals surface area contributed by atoms with E-state index in [1.165, 1.54) is 7.11 Å². The van der Waals surface area contributed by atoms with Crippen molar-refractivity contribution in [1.29, 1.82) is 0 Å². The third-order valence-electron chi connectivity index (χ3n) is 3.22. The highest BCUT2D eigenvalue weighted by atomic mass is 16.6. The molecule has 2 N–H and O–H groups in total. The maximum Gasteiger partial charge on any atom is 0.337 e. The summed E-state index contributed by atoms with van der Waals surface area (Å²) < 4.78 is 4.67. The number of nitrogens with two attached hydrogens (primary N) is 1. The average molecular weight is 250 g/mol. The number of hydrogen-bond acceptors (Lipinski definition) is 5. The second-order valence-corrected chi connectivity index (χ2v) is 4.38. The molecule has 0 bridgehead atoms. The minimum atomic E-state index is -0.316. The van der Waals surface area contributed by atoms with Gasteiger partial charge in [0.25, 0.3) is 0 Å². The number of anilines is 1. The largest absolute Gasteiger partial charge is 0.465 e. The Morgan fingerprint density at radius 2 is 2.11 bits per heavy atom. The van der Waals surface area contributed by atoms with Gasteiger partial charge in [0.05, 0.1) is 18.8 Å². The summed E-state index contributed by atoms with van der Waals surface area (Å²) in [6.45, 7) is 1.77. The molecule has 1 aromatic carbocycles. The number of carbonyl (C=O) groups excluding carboxylic acids is 1. The summed E-state index contributed by atoms with van der Waals surface area (Å²) in [7, 11) is 1.38. The van der Waals surface area contributed by atoms with Crippen LogP contribution in [-0.2, 0) is 9.57 Å². The Kier molecular flexibility index (Phi) is 4.17. The third kappa shape index (κ3) is 2.80. The zero-order valence-electron chi connectivity index (χ0n) is 10.5. The van der Waals surface area contributed by atoms with Crippen molar-refractivity contribution >= 4 is 11.7 Å². The van der Waals surface area contributed by atoms with Gasteiger partial charge < -0.3 is 9.64 Å².